The van der Waals surface area contributed by atoms with Crippen molar-refractivity contribution in [3.05, 3.63) is 106 Å². The van der Waals surface area contributed by atoms with Crippen LogP contribution in [0.5, 0.6) is 0 Å². The second-order valence-corrected chi connectivity index (χ2v) is 7.08. The second-order valence-electron chi connectivity index (χ2n) is 7.08. The van der Waals surface area contributed by atoms with Crippen molar-refractivity contribution in [3.63, 3.8) is 0 Å². The number of amides is 1. The maximum atomic E-state index is 13.3. The smallest absolute Gasteiger partial charge is 0.277 e. The molecule has 3 aromatic carbocycles. The highest BCUT2D eigenvalue weighted by molar-refractivity contribution is 6.10. The first-order chi connectivity index (χ1) is 14.6. The van der Waals surface area contributed by atoms with Gasteiger partial charge in [-0.25, -0.2) is 5.10 Å². The van der Waals surface area contributed by atoms with Gasteiger partial charge in [-0.15, -0.1) is 0 Å². The van der Waals surface area contributed by atoms with E-state index in [2.05, 4.69) is 15.5 Å². The lowest BCUT2D eigenvalue weighted by molar-refractivity contribution is 0.102. The molecule has 0 saturated heterocycles. The van der Waals surface area contributed by atoms with Crippen LogP contribution in [0.4, 0.5) is 5.69 Å². The third kappa shape index (κ3) is 3.65. The minimum Gasteiger partial charge on any atom is -0.322 e. The number of hydrogen-bond acceptors (Lipinski definition) is 3. The average Bonchev–Trinajstić information content (AvgIpc) is 2.77. The van der Waals surface area contributed by atoms with Gasteiger partial charge >= 0.3 is 0 Å². The Kier molecular flexibility index (Phi) is 5.26. The van der Waals surface area contributed by atoms with Gasteiger partial charge in [-0.2, -0.15) is 5.10 Å². The molecule has 0 aliphatic heterocycles. The molecule has 4 aromatic rings. The van der Waals surface area contributed by atoms with Crippen LogP contribution in [-0.2, 0) is 0 Å². The van der Waals surface area contributed by atoms with Crippen LogP contribution in [0.15, 0.2) is 83.7 Å². The Morgan fingerprint density at radius 1 is 0.833 bits per heavy atom. The van der Waals surface area contributed by atoms with Crippen LogP contribution in [0.2, 0.25) is 0 Å². The van der Waals surface area contributed by atoms with Crippen LogP contribution in [0.3, 0.4) is 0 Å². The zero-order valence-electron chi connectivity index (χ0n) is 16.8. The van der Waals surface area contributed by atoms with Gasteiger partial charge in [0.2, 0.25) is 0 Å². The molecule has 148 valence electrons. The van der Waals surface area contributed by atoms with E-state index in [9.17, 15) is 9.59 Å². The van der Waals surface area contributed by atoms with Gasteiger partial charge in [0.25, 0.3) is 11.5 Å². The fourth-order valence-electron chi connectivity index (χ4n) is 3.43. The van der Waals surface area contributed by atoms with E-state index in [-0.39, 0.29) is 5.56 Å². The monoisotopic (exact) mass is 395 g/mol. The molecule has 0 saturated carbocycles. The van der Waals surface area contributed by atoms with Gasteiger partial charge in [0.15, 0.2) is 0 Å². The van der Waals surface area contributed by atoms with Crippen LogP contribution in [-0.4, -0.2) is 16.1 Å². The molecule has 4 rings (SSSR count). The number of H-pyrrole nitrogens is 1. The number of carbonyl (C=O) groups excluding carboxylic acids is 1. The lowest BCUT2D eigenvalue weighted by Crippen LogP contribution is -2.26. The van der Waals surface area contributed by atoms with Crippen molar-refractivity contribution in [1.82, 2.24) is 10.2 Å². The first-order valence-corrected chi connectivity index (χ1v) is 9.67. The van der Waals surface area contributed by atoms with E-state index in [0.29, 0.717) is 16.9 Å². The number of rotatable bonds is 4. The Labute approximate surface area is 174 Å². The minimum atomic E-state index is -0.531. The molecule has 0 spiro atoms. The van der Waals surface area contributed by atoms with Crippen LogP contribution in [0.25, 0.3) is 22.4 Å². The average molecular weight is 395 g/mol. The summed E-state index contributed by atoms with van der Waals surface area (Å²) >= 11 is 0. The number of nitrogens with one attached hydrogen (secondary N) is 2. The van der Waals surface area contributed by atoms with E-state index in [0.717, 1.165) is 22.3 Å². The molecule has 0 aliphatic rings. The number of hydrogen-bond donors (Lipinski definition) is 2. The van der Waals surface area contributed by atoms with Crippen molar-refractivity contribution in [2.45, 2.75) is 13.8 Å². The van der Waals surface area contributed by atoms with Crippen molar-refractivity contribution in [2.24, 2.45) is 0 Å². The molecule has 0 bridgehead atoms. The van der Waals surface area contributed by atoms with Crippen molar-refractivity contribution in [1.29, 1.82) is 0 Å². The predicted molar refractivity (Wildman–Crippen MR) is 120 cm³/mol. The summed E-state index contributed by atoms with van der Waals surface area (Å²) in [6, 6.07) is 24.6. The van der Waals surface area contributed by atoms with Crippen molar-refractivity contribution in [2.75, 3.05) is 5.32 Å². The predicted octanol–water partition coefficient (Wildman–Crippen LogP) is 4.97. The normalized spacial score (nSPS) is 10.6. The van der Waals surface area contributed by atoms with E-state index in [1.54, 1.807) is 0 Å². The lowest BCUT2D eigenvalue weighted by Gasteiger charge is -2.15. The Morgan fingerprint density at radius 2 is 1.47 bits per heavy atom. The first-order valence-electron chi connectivity index (χ1n) is 9.67. The van der Waals surface area contributed by atoms with Crippen LogP contribution in [0, 0.1) is 13.8 Å². The number of aryl methyl sites for hydroxylation is 1. The molecule has 0 fully saturated rings. The number of nitrogens with zero attached hydrogens (tertiary/aromatic N) is 1. The molecule has 0 radical (unpaired) electrons. The topological polar surface area (TPSA) is 74.8 Å². The minimum absolute atomic E-state index is 0.0379. The van der Waals surface area contributed by atoms with Gasteiger partial charge in [-0.3, -0.25) is 9.59 Å². The van der Waals surface area contributed by atoms with E-state index < -0.39 is 11.5 Å². The fraction of sp³-hybridized carbons (Fsp3) is 0.0800. The maximum Gasteiger partial charge on any atom is 0.277 e. The molecule has 0 aliphatic carbocycles. The van der Waals surface area contributed by atoms with Crippen molar-refractivity contribution in [3.8, 4) is 22.4 Å². The summed E-state index contributed by atoms with van der Waals surface area (Å²) in [6.07, 6.45) is 0. The zero-order valence-corrected chi connectivity index (χ0v) is 16.8. The fourth-order valence-corrected chi connectivity index (χ4v) is 3.43. The molecule has 2 N–H and O–H groups in total. The highest BCUT2D eigenvalue weighted by Crippen LogP contribution is 2.32. The van der Waals surface area contributed by atoms with Crippen LogP contribution < -0.4 is 10.9 Å². The third-order valence-electron chi connectivity index (χ3n) is 5.17. The molecule has 1 heterocycles. The maximum absolute atomic E-state index is 13.3. The molecule has 1 amide bonds. The Hall–Kier alpha value is -3.99. The van der Waals surface area contributed by atoms with Gasteiger partial charge < -0.3 is 5.32 Å². The summed E-state index contributed by atoms with van der Waals surface area (Å²) in [5.41, 5.74) is 4.82. The van der Waals surface area contributed by atoms with Crippen molar-refractivity contribution >= 4 is 11.6 Å². The van der Waals surface area contributed by atoms with Gasteiger partial charge in [-0.05, 0) is 36.6 Å². The molecule has 1 aromatic heterocycles. The molecule has 5 nitrogen and oxygen atoms in total. The van der Waals surface area contributed by atoms with E-state index >= 15 is 0 Å². The van der Waals surface area contributed by atoms with Crippen molar-refractivity contribution < 1.29 is 4.79 Å². The third-order valence-corrected chi connectivity index (χ3v) is 5.17. The number of aromatic nitrogens is 2. The summed E-state index contributed by atoms with van der Waals surface area (Å²) < 4.78 is 0. The number of carbonyl (C=O) groups is 1. The Bertz CT molecular complexity index is 1260. The van der Waals surface area contributed by atoms with Gasteiger partial charge in [-0.1, -0.05) is 72.8 Å². The summed E-state index contributed by atoms with van der Waals surface area (Å²) in [5, 5.41) is 9.70. The number of aromatic amines is 1. The summed E-state index contributed by atoms with van der Waals surface area (Å²) in [7, 11) is 0. The lowest BCUT2D eigenvalue weighted by atomic mass is 9.95. The summed E-state index contributed by atoms with van der Waals surface area (Å²) in [5.74, 6) is -0.469. The van der Waals surface area contributed by atoms with E-state index in [1.807, 2.05) is 92.7 Å². The summed E-state index contributed by atoms with van der Waals surface area (Å²) in [6.45, 7) is 3.92. The van der Waals surface area contributed by atoms with Gasteiger partial charge in [0.1, 0.15) is 5.56 Å². The SMILES string of the molecule is Cc1cccc(NC(=O)c2c(-c3ccccc3)c(-c3ccccc3)n[nH]c2=O)c1C. The number of anilines is 1. The Morgan fingerprint density at radius 3 is 2.13 bits per heavy atom. The zero-order chi connectivity index (χ0) is 21.1. The number of benzene rings is 3. The highest BCUT2D eigenvalue weighted by Gasteiger charge is 2.23. The molecule has 0 unspecified atom stereocenters. The molecule has 30 heavy (non-hydrogen) atoms. The highest BCUT2D eigenvalue weighted by atomic mass is 16.2. The largest absolute Gasteiger partial charge is 0.322 e. The van der Waals surface area contributed by atoms with Gasteiger partial charge in [0, 0.05) is 16.8 Å². The summed E-state index contributed by atoms with van der Waals surface area (Å²) in [4.78, 5) is 26.1. The van der Waals surface area contributed by atoms with E-state index in [1.165, 1.54) is 0 Å². The second kappa shape index (κ2) is 8.17. The van der Waals surface area contributed by atoms with Crippen LogP contribution >= 0.6 is 0 Å². The molecular weight excluding hydrogens is 374 g/mol. The molecule has 0 atom stereocenters. The Balaban J connectivity index is 1.92. The van der Waals surface area contributed by atoms with E-state index in [4.69, 9.17) is 0 Å². The van der Waals surface area contributed by atoms with Crippen LogP contribution in [0.1, 0.15) is 21.5 Å². The first kappa shape index (κ1) is 19.3. The molecule has 5 heteroatoms. The molecular formula is C25H21N3O2. The quantitative estimate of drug-likeness (QED) is 0.512. The standard InChI is InChI=1S/C25H21N3O2/c1-16-10-9-15-20(17(16)2)26-24(29)22-21(18-11-5-3-6-12-18)23(27-28-25(22)30)19-13-7-4-8-14-19/h3-15H,1-2H3,(H,26,29)(H,28,30). The van der Waals surface area contributed by atoms with Gasteiger partial charge in [0.05, 0.1) is 5.69 Å².